The van der Waals surface area contributed by atoms with E-state index in [1.807, 2.05) is 6.92 Å². The van der Waals surface area contributed by atoms with E-state index in [0.29, 0.717) is 6.04 Å². The summed E-state index contributed by atoms with van der Waals surface area (Å²) in [6, 6.07) is 0.574. The zero-order valence-corrected chi connectivity index (χ0v) is 10.8. The number of rotatable bonds is 2. The minimum atomic E-state index is 0.0130. The Morgan fingerprint density at radius 3 is 3.17 bits per heavy atom. The number of aryl methyl sites for hydroxylation is 1. The Bertz CT molecular complexity index is 428. The molecule has 5 nitrogen and oxygen atoms in total. The lowest BCUT2D eigenvalue weighted by atomic mass is 10.0. The maximum absolute atomic E-state index is 5.79. The van der Waals surface area contributed by atoms with E-state index in [0.717, 1.165) is 31.3 Å². The topological polar surface area (TPSA) is 54.0 Å². The molecule has 0 amide bonds. The Labute approximate surface area is 107 Å². The van der Waals surface area contributed by atoms with E-state index < -0.39 is 0 Å². The summed E-state index contributed by atoms with van der Waals surface area (Å²) in [7, 11) is 0. The average Bonchev–Trinajstić information content (AvgIpc) is 2.87. The first-order valence-electron chi connectivity index (χ1n) is 6.74. The van der Waals surface area contributed by atoms with Crippen molar-refractivity contribution in [1.82, 2.24) is 20.1 Å². The van der Waals surface area contributed by atoms with Gasteiger partial charge in [0, 0.05) is 19.1 Å². The first kappa shape index (κ1) is 11.9. The van der Waals surface area contributed by atoms with Gasteiger partial charge in [-0.1, -0.05) is 12.2 Å². The van der Waals surface area contributed by atoms with Crippen molar-refractivity contribution >= 4 is 0 Å². The van der Waals surface area contributed by atoms with E-state index in [1.54, 1.807) is 0 Å². The predicted molar refractivity (Wildman–Crippen MR) is 68.2 cm³/mol. The molecule has 0 aromatic carbocycles. The fourth-order valence-electron chi connectivity index (χ4n) is 2.73. The highest BCUT2D eigenvalue weighted by Crippen LogP contribution is 2.24. The Morgan fingerprint density at radius 1 is 1.50 bits per heavy atom. The van der Waals surface area contributed by atoms with Crippen molar-refractivity contribution in [3.63, 3.8) is 0 Å². The summed E-state index contributed by atoms with van der Waals surface area (Å²) in [5, 5.41) is 7.10. The summed E-state index contributed by atoms with van der Waals surface area (Å²) in [5.74, 6) is 1.64. The van der Waals surface area contributed by atoms with E-state index in [4.69, 9.17) is 4.74 Å². The molecule has 1 aliphatic carbocycles. The van der Waals surface area contributed by atoms with E-state index in [9.17, 15) is 0 Å². The quantitative estimate of drug-likeness (QED) is 0.808. The van der Waals surface area contributed by atoms with E-state index in [-0.39, 0.29) is 6.10 Å². The molecule has 98 valence electrons. The minimum Gasteiger partial charge on any atom is -0.367 e. The number of nitrogens with one attached hydrogen (secondary N) is 1. The van der Waals surface area contributed by atoms with Crippen LogP contribution >= 0.6 is 0 Å². The summed E-state index contributed by atoms with van der Waals surface area (Å²) in [6.45, 7) is 4.59. The number of hydrogen-bond acceptors (Lipinski definition) is 4. The summed E-state index contributed by atoms with van der Waals surface area (Å²) in [4.78, 5) is 6.87. The Balaban J connectivity index is 1.68. The van der Waals surface area contributed by atoms with Gasteiger partial charge in [-0.2, -0.15) is 5.10 Å². The molecule has 2 unspecified atom stereocenters. The summed E-state index contributed by atoms with van der Waals surface area (Å²) >= 11 is 0. The molecule has 1 aliphatic heterocycles. The average molecular weight is 248 g/mol. The van der Waals surface area contributed by atoms with Crippen LogP contribution < -0.4 is 0 Å². The van der Waals surface area contributed by atoms with Gasteiger partial charge in [0.1, 0.15) is 11.9 Å². The third-order valence-corrected chi connectivity index (χ3v) is 3.70. The van der Waals surface area contributed by atoms with Crippen molar-refractivity contribution in [3.8, 4) is 0 Å². The van der Waals surface area contributed by atoms with Crippen LogP contribution in [0, 0.1) is 6.92 Å². The van der Waals surface area contributed by atoms with Crippen LogP contribution in [-0.4, -0.2) is 45.8 Å². The molecule has 2 aliphatic rings. The van der Waals surface area contributed by atoms with Crippen molar-refractivity contribution in [3.05, 3.63) is 23.8 Å². The second-order valence-electron chi connectivity index (χ2n) is 5.06. The molecule has 3 rings (SSSR count). The van der Waals surface area contributed by atoms with E-state index >= 15 is 0 Å². The maximum atomic E-state index is 5.79. The summed E-state index contributed by atoms with van der Waals surface area (Å²) in [5.41, 5.74) is 0. The van der Waals surface area contributed by atoms with Crippen LogP contribution in [0.1, 0.15) is 37.0 Å². The van der Waals surface area contributed by atoms with Crippen molar-refractivity contribution in [2.75, 3.05) is 19.7 Å². The van der Waals surface area contributed by atoms with Gasteiger partial charge >= 0.3 is 0 Å². The maximum Gasteiger partial charge on any atom is 0.180 e. The molecule has 0 spiro atoms. The zero-order chi connectivity index (χ0) is 12.4. The predicted octanol–water partition coefficient (Wildman–Crippen LogP) is 1.60. The van der Waals surface area contributed by atoms with Crippen LogP contribution in [0.4, 0.5) is 0 Å². The highest BCUT2D eigenvalue weighted by atomic mass is 16.5. The molecule has 18 heavy (non-hydrogen) atoms. The minimum absolute atomic E-state index is 0.0130. The summed E-state index contributed by atoms with van der Waals surface area (Å²) < 4.78 is 5.79. The third kappa shape index (κ3) is 2.47. The monoisotopic (exact) mass is 248 g/mol. The molecule has 0 saturated carbocycles. The number of aromatic amines is 1. The SMILES string of the molecule is Cc1nc(C2CN(C3C=CCCC3)CCO2)n[nH]1. The van der Waals surface area contributed by atoms with Gasteiger partial charge in [-0.25, -0.2) is 4.98 Å². The number of allylic oxidation sites excluding steroid dienone is 1. The Morgan fingerprint density at radius 2 is 2.44 bits per heavy atom. The number of H-pyrrole nitrogens is 1. The van der Waals surface area contributed by atoms with Gasteiger partial charge < -0.3 is 4.74 Å². The van der Waals surface area contributed by atoms with Crippen LogP contribution in [0.3, 0.4) is 0 Å². The van der Waals surface area contributed by atoms with Crippen LogP contribution in [0.25, 0.3) is 0 Å². The van der Waals surface area contributed by atoms with Gasteiger partial charge in [0.25, 0.3) is 0 Å². The second-order valence-corrected chi connectivity index (χ2v) is 5.06. The Hall–Kier alpha value is -1.20. The molecule has 1 fully saturated rings. The largest absolute Gasteiger partial charge is 0.367 e. The summed E-state index contributed by atoms with van der Waals surface area (Å²) in [6.07, 6.45) is 8.44. The molecule has 5 heteroatoms. The lowest BCUT2D eigenvalue weighted by Gasteiger charge is -2.37. The number of nitrogens with zero attached hydrogens (tertiary/aromatic N) is 3. The molecular weight excluding hydrogens is 228 g/mol. The van der Waals surface area contributed by atoms with Gasteiger partial charge in [0.15, 0.2) is 5.82 Å². The van der Waals surface area contributed by atoms with Gasteiger partial charge in [-0.05, 0) is 26.2 Å². The lowest BCUT2D eigenvalue weighted by Crippen LogP contribution is -2.44. The van der Waals surface area contributed by atoms with Crippen LogP contribution in [-0.2, 0) is 4.74 Å². The fourth-order valence-corrected chi connectivity index (χ4v) is 2.73. The molecule has 1 aromatic rings. The van der Waals surface area contributed by atoms with Gasteiger partial charge in [-0.15, -0.1) is 0 Å². The smallest absolute Gasteiger partial charge is 0.180 e. The zero-order valence-electron chi connectivity index (χ0n) is 10.8. The highest BCUT2D eigenvalue weighted by Gasteiger charge is 2.28. The highest BCUT2D eigenvalue weighted by molar-refractivity contribution is 5.02. The molecule has 0 radical (unpaired) electrons. The fraction of sp³-hybridized carbons (Fsp3) is 0.692. The number of hydrogen-bond donors (Lipinski definition) is 1. The molecule has 0 bridgehead atoms. The number of aromatic nitrogens is 3. The van der Waals surface area contributed by atoms with Crippen molar-refractivity contribution in [2.45, 2.75) is 38.3 Å². The number of ether oxygens (including phenoxy) is 1. The Kier molecular flexibility index (Phi) is 3.43. The van der Waals surface area contributed by atoms with Gasteiger partial charge in [-0.3, -0.25) is 10.00 Å². The standard InChI is InChI=1S/C13H20N4O/c1-10-14-13(16-15-10)12-9-17(7-8-18-12)11-5-3-2-4-6-11/h3,5,11-12H,2,4,6-9H2,1H3,(H,14,15,16). The first-order chi connectivity index (χ1) is 8.83. The van der Waals surface area contributed by atoms with Crippen LogP contribution in [0.2, 0.25) is 0 Å². The van der Waals surface area contributed by atoms with Crippen LogP contribution in [0.5, 0.6) is 0 Å². The normalized spacial score (nSPS) is 29.6. The van der Waals surface area contributed by atoms with E-state index in [1.165, 1.54) is 19.3 Å². The molecule has 2 atom stereocenters. The van der Waals surface area contributed by atoms with Gasteiger partial charge in [0.2, 0.25) is 0 Å². The van der Waals surface area contributed by atoms with Crippen LogP contribution in [0.15, 0.2) is 12.2 Å². The van der Waals surface area contributed by atoms with Crippen molar-refractivity contribution in [2.24, 2.45) is 0 Å². The molecule has 1 aromatic heterocycles. The molecule has 2 heterocycles. The molecule has 1 saturated heterocycles. The first-order valence-corrected chi connectivity index (χ1v) is 6.74. The van der Waals surface area contributed by atoms with Crippen molar-refractivity contribution in [1.29, 1.82) is 0 Å². The second kappa shape index (κ2) is 5.20. The lowest BCUT2D eigenvalue weighted by molar-refractivity contribution is -0.0442. The number of morpholine rings is 1. The van der Waals surface area contributed by atoms with E-state index in [2.05, 4.69) is 32.2 Å². The molecule has 1 N–H and O–H groups in total. The van der Waals surface area contributed by atoms with Gasteiger partial charge in [0.05, 0.1) is 6.61 Å². The van der Waals surface area contributed by atoms with Crippen molar-refractivity contribution < 1.29 is 4.74 Å². The molecular formula is C13H20N4O. The third-order valence-electron chi connectivity index (χ3n) is 3.70.